The molecule has 1 rings (SSSR count). The van der Waals surface area contributed by atoms with Crippen LogP contribution in [0.3, 0.4) is 0 Å². The first-order valence-electron chi connectivity index (χ1n) is 5.04. The third kappa shape index (κ3) is 5.03. The zero-order chi connectivity index (χ0) is 14.7. The van der Waals surface area contributed by atoms with Crippen LogP contribution in [0, 0.1) is 5.82 Å². The summed E-state index contributed by atoms with van der Waals surface area (Å²) in [4.78, 5) is -0.329. The third-order valence-electron chi connectivity index (χ3n) is 2.07. The molecule has 108 valence electrons. The lowest BCUT2D eigenvalue weighted by Gasteiger charge is -2.09. The summed E-state index contributed by atoms with van der Waals surface area (Å²) in [5, 5.41) is 0. The van der Waals surface area contributed by atoms with E-state index in [1.807, 2.05) is 0 Å². The van der Waals surface area contributed by atoms with Gasteiger partial charge in [-0.25, -0.2) is 12.8 Å². The highest BCUT2D eigenvalue weighted by atomic mass is 32.2. The van der Waals surface area contributed by atoms with Crippen molar-refractivity contribution in [3.05, 3.63) is 24.0 Å². The largest absolute Gasteiger partial charge is 0.411 e. The fraction of sp³-hybridized carbons (Fsp3) is 0.400. The fourth-order valence-corrected chi connectivity index (χ4v) is 2.52. The Morgan fingerprint density at radius 1 is 1.26 bits per heavy atom. The van der Waals surface area contributed by atoms with Crippen LogP contribution in [-0.2, 0) is 14.6 Å². The van der Waals surface area contributed by atoms with Crippen LogP contribution < -0.4 is 5.73 Å². The molecule has 0 aromatic heterocycles. The van der Waals surface area contributed by atoms with Gasteiger partial charge in [-0.05, 0) is 18.2 Å². The summed E-state index contributed by atoms with van der Waals surface area (Å²) in [5.74, 6) is -1.37. The molecule has 0 aliphatic rings. The molecular weight excluding hydrogens is 290 g/mol. The van der Waals surface area contributed by atoms with Crippen LogP contribution in [0.5, 0.6) is 0 Å². The molecule has 0 saturated carbocycles. The van der Waals surface area contributed by atoms with Gasteiger partial charge >= 0.3 is 6.18 Å². The monoisotopic (exact) mass is 301 g/mol. The molecule has 19 heavy (non-hydrogen) atoms. The number of hydrogen-bond acceptors (Lipinski definition) is 4. The molecule has 0 bridgehead atoms. The topological polar surface area (TPSA) is 69.4 Å². The molecule has 0 fully saturated rings. The minimum Gasteiger partial charge on any atom is -0.398 e. The molecule has 0 amide bonds. The molecule has 0 atom stereocenters. The number of nitrogen functional groups attached to an aromatic ring is 1. The second-order valence-corrected chi connectivity index (χ2v) is 5.75. The quantitative estimate of drug-likeness (QED) is 0.389. The summed E-state index contributed by atoms with van der Waals surface area (Å²) in [6.45, 7) is -2.15. The van der Waals surface area contributed by atoms with Crippen molar-refractivity contribution in [1.29, 1.82) is 0 Å². The number of sulfone groups is 1. The third-order valence-corrected chi connectivity index (χ3v) is 3.82. The Morgan fingerprint density at radius 3 is 2.42 bits per heavy atom. The second kappa shape index (κ2) is 5.74. The second-order valence-electron chi connectivity index (χ2n) is 3.67. The molecule has 0 aliphatic heterocycles. The van der Waals surface area contributed by atoms with E-state index >= 15 is 0 Å². The fourth-order valence-electron chi connectivity index (χ4n) is 1.27. The molecule has 1 aromatic carbocycles. The summed E-state index contributed by atoms with van der Waals surface area (Å²) in [6.07, 6.45) is -4.52. The Kier molecular flexibility index (Phi) is 4.75. The average Bonchev–Trinajstić information content (AvgIpc) is 2.22. The molecular formula is C10H11F4NO3S. The lowest BCUT2D eigenvalue weighted by Crippen LogP contribution is -2.21. The Labute approximate surface area is 107 Å². The van der Waals surface area contributed by atoms with Gasteiger partial charge in [-0.3, -0.25) is 0 Å². The van der Waals surface area contributed by atoms with Crippen LogP contribution in [-0.4, -0.2) is 33.6 Å². The molecule has 0 unspecified atom stereocenters. The predicted octanol–water partition coefficient (Wildman–Crippen LogP) is 1.76. The predicted molar refractivity (Wildman–Crippen MR) is 59.7 cm³/mol. The van der Waals surface area contributed by atoms with Crippen molar-refractivity contribution in [2.24, 2.45) is 0 Å². The van der Waals surface area contributed by atoms with E-state index in [1.54, 1.807) is 0 Å². The number of rotatable bonds is 5. The van der Waals surface area contributed by atoms with Gasteiger partial charge in [0.1, 0.15) is 12.4 Å². The molecule has 0 radical (unpaired) electrons. The molecule has 2 N–H and O–H groups in total. The van der Waals surface area contributed by atoms with Gasteiger partial charge in [0.15, 0.2) is 9.84 Å². The Morgan fingerprint density at radius 2 is 1.89 bits per heavy atom. The highest BCUT2D eigenvalue weighted by Crippen LogP contribution is 2.21. The van der Waals surface area contributed by atoms with E-state index in [0.29, 0.717) is 0 Å². The summed E-state index contributed by atoms with van der Waals surface area (Å²) in [7, 11) is -3.91. The maximum atomic E-state index is 12.7. The molecule has 9 heteroatoms. The molecule has 0 saturated heterocycles. The van der Waals surface area contributed by atoms with Crippen molar-refractivity contribution in [2.45, 2.75) is 11.1 Å². The van der Waals surface area contributed by atoms with Gasteiger partial charge in [-0.2, -0.15) is 13.2 Å². The Bertz CT molecular complexity index is 542. The molecule has 0 spiro atoms. The minimum atomic E-state index is -4.52. The van der Waals surface area contributed by atoms with Crippen molar-refractivity contribution in [3.8, 4) is 0 Å². The van der Waals surface area contributed by atoms with E-state index < -0.39 is 40.8 Å². The van der Waals surface area contributed by atoms with Gasteiger partial charge in [-0.1, -0.05) is 0 Å². The maximum absolute atomic E-state index is 12.7. The Hall–Kier alpha value is -1.35. The number of benzene rings is 1. The van der Waals surface area contributed by atoms with Crippen LogP contribution >= 0.6 is 0 Å². The number of alkyl halides is 3. The van der Waals surface area contributed by atoms with Crippen molar-refractivity contribution in [2.75, 3.05) is 24.7 Å². The molecule has 4 nitrogen and oxygen atoms in total. The summed E-state index contributed by atoms with van der Waals surface area (Å²) >= 11 is 0. The number of halogens is 4. The lowest BCUT2D eigenvalue weighted by molar-refractivity contribution is -0.172. The molecule has 0 heterocycles. The first-order chi connectivity index (χ1) is 8.62. The van der Waals surface area contributed by atoms with Crippen LogP contribution in [0.4, 0.5) is 23.2 Å². The minimum absolute atomic E-state index is 0.296. The first-order valence-corrected chi connectivity index (χ1v) is 6.69. The number of ether oxygens (including phenoxy) is 1. The number of nitrogens with two attached hydrogens (primary N) is 1. The molecule has 1 aromatic rings. The summed E-state index contributed by atoms with van der Waals surface area (Å²) < 4.78 is 75.7. The van der Waals surface area contributed by atoms with Crippen LogP contribution in [0.15, 0.2) is 23.1 Å². The zero-order valence-electron chi connectivity index (χ0n) is 9.58. The molecule has 0 aliphatic carbocycles. The van der Waals surface area contributed by atoms with Crippen molar-refractivity contribution < 1.29 is 30.7 Å². The Balaban J connectivity index is 2.66. The van der Waals surface area contributed by atoms with E-state index in [0.717, 1.165) is 18.2 Å². The van der Waals surface area contributed by atoms with Crippen molar-refractivity contribution in [1.82, 2.24) is 0 Å². The lowest BCUT2D eigenvalue weighted by atomic mass is 10.3. The van der Waals surface area contributed by atoms with Crippen molar-refractivity contribution in [3.63, 3.8) is 0 Å². The van der Waals surface area contributed by atoms with E-state index in [1.165, 1.54) is 0 Å². The SMILES string of the molecule is Nc1cc(F)ccc1S(=O)(=O)CCOCC(F)(F)F. The van der Waals surface area contributed by atoms with Crippen LogP contribution in [0.1, 0.15) is 0 Å². The van der Waals surface area contributed by atoms with Gasteiger partial charge in [0.2, 0.25) is 0 Å². The standard InChI is InChI=1S/C10H11F4NO3S/c11-7-1-2-9(8(15)5-7)19(16,17)4-3-18-6-10(12,13)14/h1-2,5H,3-4,6,15H2. The normalized spacial score (nSPS) is 12.6. The van der Waals surface area contributed by atoms with Crippen LogP contribution in [0.25, 0.3) is 0 Å². The van der Waals surface area contributed by atoms with Gasteiger partial charge in [-0.15, -0.1) is 0 Å². The number of anilines is 1. The average molecular weight is 301 g/mol. The van der Waals surface area contributed by atoms with Gasteiger partial charge in [0.05, 0.1) is 22.9 Å². The van der Waals surface area contributed by atoms with E-state index in [9.17, 15) is 26.0 Å². The van der Waals surface area contributed by atoms with Crippen molar-refractivity contribution >= 4 is 15.5 Å². The van der Waals surface area contributed by atoms with E-state index in [2.05, 4.69) is 4.74 Å². The zero-order valence-corrected chi connectivity index (χ0v) is 10.4. The summed E-state index contributed by atoms with van der Waals surface area (Å²) in [6, 6.07) is 2.69. The first kappa shape index (κ1) is 15.7. The highest BCUT2D eigenvalue weighted by molar-refractivity contribution is 7.91. The van der Waals surface area contributed by atoms with Gasteiger partial charge < -0.3 is 10.5 Å². The van der Waals surface area contributed by atoms with E-state index in [4.69, 9.17) is 5.73 Å². The van der Waals surface area contributed by atoms with Gasteiger partial charge in [0.25, 0.3) is 0 Å². The maximum Gasteiger partial charge on any atom is 0.411 e. The van der Waals surface area contributed by atoms with E-state index in [-0.39, 0.29) is 10.6 Å². The highest BCUT2D eigenvalue weighted by Gasteiger charge is 2.28. The number of hydrogen-bond donors (Lipinski definition) is 1. The van der Waals surface area contributed by atoms with Gasteiger partial charge in [0, 0.05) is 0 Å². The smallest absolute Gasteiger partial charge is 0.398 e. The summed E-state index contributed by atoms with van der Waals surface area (Å²) in [5.41, 5.74) is 5.05. The van der Waals surface area contributed by atoms with Crippen LogP contribution in [0.2, 0.25) is 0 Å².